The average Bonchev–Trinajstić information content (AvgIpc) is 2.49. The molecule has 24 heavy (non-hydrogen) atoms. The maximum atomic E-state index is 12.3. The van der Waals surface area contributed by atoms with Crippen LogP contribution in [0, 0.1) is 10.1 Å². The van der Waals surface area contributed by atoms with Crippen LogP contribution in [0.1, 0.15) is 25.7 Å². The monoisotopic (exact) mass is 377 g/mol. The van der Waals surface area contributed by atoms with Gasteiger partial charge >= 0.3 is 0 Å². The van der Waals surface area contributed by atoms with Gasteiger partial charge in [0.25, 0.3) is 5.69 Å². The molecule has 1 aromatic carbocycles. The summed E-state index contributed by atoms with van der Waals surface area (Å²) in [5, 5.41) is 13.6. The van der Waals surface area contributed by atoms with Gasteiger partial charge in [-0.1, -0.05) is 18.0 Å². The minimum Gasteiger partial charge on any atom is -0.494 e. The van der Waals surface area contributed by atoms with Crippen LogP contribution in [0.3, 0.4) is 0 Å². The molecule has 2 rings (SSSR count). The van der Waals surface area contributed by atoms with Gasteiger partial charge in [0.05, 0.1) is 23.8 Å². The molecule has 0 spiro atoms. The molecule has 1 aliphatic rings. The number of hydrogen-bond acceptors (Lipinski definition) is 5. The van der Waals surface area contributed by atoms with Gasteiger partial charge in [0.2, 0.25) is 5.91 Å². The van der Waals surface area contributed by atoms with Gasteiger partial charge < -0.3 is 15.0 Å². The average molecular weight is 378 g/mol. The lowest BCUT2D eigenvalue weighted by Gasteiger charge is -2.32. The van der Waals surface area contributed by atoms with Gasteiger partial charge in [0, 0.05) is 12.5 Å². The zero-order chi connectivity index (χ0) is 17.0. The Bertz CT molecular complexity index is 613. The fourth-order valence-corrected chi connectivity index (χ4v) is 3.00. The van der Waals surface area contributed by atoms with E-state index in [4.69, 9.17) is 16.3 Å². The number of piperidine rings is 1. The van der Waals surface area contributed by atoms with Crippen molar-refractivity contribution in [2.75, 3.05) is 26.0 Å². The largest absolute Gasteiger partial charge is 0.494 e. The van der Waals surface area contributed by atoms with Crippen molar-refractivity contribution in [1.82, 2.24) is 4.90 Å². The van der Waals surface area contributed by atoms with Gasteiger partial charge in [-0.15, -0.1) is 12.4 Å². The number of benzene rings is 1. The van der Waals surface area contributed by atoms with Crippen molar-refractivity contribution in [3.8, 4) is 5.75 Å². The van der Waals surface area contributed by atoms with E-state index in [-0.39, 0.29) is 40.8 Å². The van der Waals surface area contributed by atoms with E-state index in [1.54, 1.807) is 0 Å². The number of carbonyl (C=O) groups is 1. The molecule has 7 nitrogen and oxygen atoms in total. The number of rotatable bonds is 5. The maximum Gasteiger partial charge on any atom is 0.291 e. The number of halogens is 2. The van der Waals surface area contributed by atoms with E-state index in [1.165, 1.54) is 19.2 Å². The quantitative estimate of drug-likeness (QED) is 0.626. The number of hydrogen-bond donors (Lipinski definition) is 1. The van der Waals surface area contributed by atoms with Crippen molar-refractivity contribution in [3.05, 3.63) is 27.3 Å². The molecule has 0 radical (unpaired) electrons. The summed E-state index contributed by atoms with van der Waals surface area (Å²) in [6.45, 7) is 0.991. The number of carbonyl (C=O) groups excluding carboxylic acids is 1. The van der Waals surface area contributed by atoms with Crippen LogP contribution < -0.4 is 10.1 Å². The first-order valence-electron chi connectivity index (χ1n) is 7.44. The van der Waals surface area contributed by atoms with Gasteiger partial charge in [-0.25, -0.2) is 0 Å². The van der Waals surface area contributed by atoms with Crippen LogP contribution in [0.5, 0.6) is 5.75 Å². The third-order valence-corrected chi connectivity index (χ3v) is 4.38. The van der Waals surface area contributed by atoms with E-state index in [9.17, 15) is 14.9 Å². The minimum atomic E-state index is -0.590. The highest BCUT2D eigenvalue weighted by molar-refractivity contribution is 6.33. The van der Waals surface area contributed by atoms with Gasteiger partial charge in [-0.3, -0.25) is 14.9 Å². The van der Waals surface area contributed by atoms with E-state index < -0.39 is 4.92 Å². The molecule has 1 atom stereocenters. The predicted octanol–water partition coefficient (Wildman–Crippen LogP) is 3.49. The second-order valence-corrected chi connectivity index (χ2v) is 6.05. The Balaban J connectivity index is 0.00000288. The summed E-state index contributed by atoms with van der Waals surface area (Å²) in [6, 6.07) is 2.77. The number of nitrogens with one attached hydrogen (secondary N) is 1. The van der Waals surface area contributed by atoms with Crippen LogP contribution in [0.4, 0.5) is 11.4 Å². The molecule has 1 unspecified atom stereocenters. The molecule has 134 valence electrons. The molecular formula is C15H21Cl2N3O4. The van der Waals surface area contributed by atoms with Crippen LogP contribution in [-0.4, -0.2) is 42.5 Å². The number of nitrogens with zero attached hydrogens (tertiary/aromatic N) is 2. The van der Waals surface area contributed by atoms with Gasteiger partial charge in [0.15, 0.2) is 0 Å². The van der Waals surface area contributed by atoms with Crippen LogP contribution in [-0.2, 0) is 4.79 Å². The fourth-order valence-electron chi connectivity index (χ4n) is 2.77. The lowest BCUT2D eigenvalue weighted by Crippen LogP contribution is -2.38. The van der Waals surface area contributed by atoms with E-state index >= 15 is 0 Å². The first-order chi connectivity index (χ1) is 10.9. The van der Waals surface area contributed by atoms with Crippen LogP contribution in [0.15, 0.2) is 12.1 Å². The van der Waals surface area contributed by atoms with E-state index in [2.05, 4.69) is 10.2 Å². The SMILES string of the molecule is COc1cc([N+](=O)[O-])c(Cl)cc1NC(=O)CC1CCCCN1C.Cl. The number of amides is 1. The standard InChI is InChI=1S/C15H20ClN3O4.ClH/c1-18-6-4-3-5-10(18)7-15(20)17-12-8-11(16)13(19(21)22)9-14(12)23-2;/h8-10H,3-7H2,1-2H3,(H,17,20);1H. The van der Waals surface area contributed by atoms with Crippen molar-refractivity contribution >= 4 is 41.3 Å². The van der Waals surface area contributed by atoms with Crippen molar-refractivity contribution in [2.45, 2.75) is 31.7 Å². The molecule has 0 saturated carbocycles. The smallest absolute Gasteiger partial charge is 0.291 e. The highest BCUT2D eigenvalue weighted by Gasteiger charge is 2.23. The Morgan fingerprint density at radius 2 is 2.21 bits per heavy atom. The first-order valence-corrected chi connectivity index (χ1v) is 7.82. The summed E-state index contributed by atoms with van der Waals surface area (Å²) in [7, 11) is 3.40. The third-order valence-electron chi connectivity index (χ3n) is 4.08. The number of methoxy groups -OCH3 is 1. The highest BCUT2D eigenvalue weighted by atomic mass is 35.5. The molecule has 1 saturated heterocycles. The van der Waals surface area contributed by atoms with E-state index in [0.29, 0.717) is 12.1 Å². The zero-order valence-corrected chi connectivity index (χ0v) is 15.2. The summed E-state index contributed by atoms with van der Waals surface area (Å²) in [5.41, 5.74) is 0.0834. The number of nitro groups is 1. The minimum absolute atomic E-state index is 0. The molecule has 1 heterocycles. The molecule has 1 N–H and O–H groups in total. The third kappa shape index (κ3) is 4.96. The van der Waals surface area contributed by atoms with Gasteiger partial charge in [-0.2, -0.15) is 0 Å². The van der Waals surface area contributed by atoms with Crippen LogP contribution in [0.25, 0.3) is 0 Å². The number of likely N-dealkylation sites (tertiary alicyclic amines) is 1. The van der Waals surface area contributed by atoms with E-state index in [1.807, 2.05) is 7.05 Å². The van der Waals surface area contributed by atoms with Crippen LogP contribution >= 0.6 is 24.0 Å². The summed E-state index contributed by atoms with van der Waals surface area (Å²) < 4.78 is 5.11. The molecule has 0 aliphatic carbocycles. The van der Waals surface area contributed by atoms with E-state index in [0.717, 1.165) is 25.8 Å². The number of ether oxygens (including phenoxy) is 1. The Morgan fingerprint density at radius 3 is 2.79 bits per heavy atom. The summed E-state index contributed by atoms with van der Waals surface area (Å²) >= 11 is 5.90. The van der Waals surface area contributed by atoms with Gasteiger partial charge in [-0.05, 0) is 32.5 Å². The molecule has 0 bridgehead atoms. The van der Waals surface area contributed by atoms with Gasteiger partial charge in [0.1, 0.15) is 10.8 Å². The molecule has 1 amide bonds. The lowest BCUT2D eigenvalue weighted by atomic mass is 10.00. The van der Waals surface area contributed by atoms with Crippen molar-refractivity contribution in [1.29, 1.82) is 0 Å². The summed E-state index contributed by atoms with van der Waals surface area (Å²) in [5.74, 6) is 0.0541. The Hall–Kier alpha value is -1.57. The first kappa shape index (κ1) is 20.5. The number of nitro benzene ring substituents is 1. The second-order valence-electron chi connectivity index (χ2n) is 5.64. The molecule has 1 aliphatic heterocycles. The molecular weight excluding hydrogens is 357 g/mol. The number of anilines is 1. The topological polar surface area (TPSA) is 84.7 Å². The second kappa shape index (κ2) is 9.05. The lowest BCUT2D eigenvalue weighted by molar-refractivity contribution is -0.384. The normalized spacial score (nSPS) is 17.7. The summed E-state index contributed by atoms with van der Waals surface area (Å²) in [6.07, 6.45) is 3.63. The Kier molecular flexibility index (Phi) is 7.72. The maximum absolute atomic E-state index is 12.3. The summed E-state index contributed by atoms with van der Waals surface area (Å²) in [4.78, 5) is 24.7. The molecule has 9 heteroatoms. The van der Waals surface area contributed by atoms with Crippen LogP contribution in [0.2, 0.25) is 5.02 Å². The van der Waals surface area contributed by atoms with Crippen molar-refractivity contribution < 1.29 is 14.5 Å². The van der Waals surface area contributed by atoms with Crippen molar-refractivity contribution in [2.24, 2.45) is 0 Å². The molecule has 1 aromatic rings. The molecule has 1 fully saturated rings. The zero-order valence-electron chi connectivity index (χ0n) is 13.6. The molecule has 0 aromatic heterocycles. The highest BCUT2D eigenvalue weighted by Crippen LogP contribution is 2.35. The predicted molar refractivity (Wildman–Crippen MR) is 95.4 cm³/mol. The Morgan fingerprint density at radius 1 is 1.50 bits per heavy atom. The van der Waals surface area contributed by atoms with Crippen molar-refractivity contribution in [3.63, 3.8) is 0 Å². The fraction of sp³-hybridized carbons (Fsp3) is 0.533. The Labute approximate surface area is 151 Å².